The number of amides is 2. The van der Waals surface area contributed by atoms with Gasteiger partial charge in [0.25, 0.3) is 5.91 Å². The van der Waals surface area contributed by atoms with Crippen LogP contribution in [-0.4, -0.2) is 70.6 Å². The zero-order chi connectivity index (χ0) is 24.7. The van der Waals surface area contributed by atoms with Crippen molar-refractivity contribution in [3.8, 4) is 17.7 Å². The molecule has 1 aromatic heterocycles. The number of pyridine rings is 1. The van der Waals surface area contributed by atoms with Crippen LogP contribution in [0.25, 0.3) is 0 Å². The van der Waals surface area contributed by atoms with Gasteiger partial charge in [-0.3, -0.25) is 9.59 Å². The molecule has 2 amide bonds. The lowest BCUT2D eigenvalue weighted by molar-refractivity contribution is -0.136. The van der Waals surface area contributed by atoms with Crippen molar-refractivity contribution in [1.29, 1.82) is 0 Å². The zero-order valence-corrected chi connectivity index (χ0v) is 21.0. The molecule has 1 aliphatic carbocycles. The lowest BCUT2D eigenvalue weighted by Gasteiger charge is -2.38. The second-order valence-electron chi connectivity index (χ2n) is 9.80. The maximum Gasteiger partial charge on any atom is 0.259 e. The number of unbranched alkanes of at least 4 members (excludes halogenated alkanes) is 1. The van der Waals surface area contributed by atoms with E-state index < -0.39 is 0 Å². The van der Waals surface area contributed by atoms with E-state index in [1.807, 2.05) is 20.9 Å². The van der Waals surface area contributed by atoms with E-state index in [-0.39, 0.29) is 48.3 Å². The van der Waals surface area contributed by atoms with Crippen LogP contribution in [0.15, 0.2) is 12.3 Å². The Kier molecular flexibility index (Phi) is 9.35. The molecule has 0 radical (unpaired) electrons. The van der Waals surface area contributed by atoms with Gasteiger partial charge in [0, 0.05) is 43.6 Å². The molecule has 34 heavy (non-hydrogen) atoms. The normalized spacial score (nSPS) is 21.9. The van der Waals surface area contributed by atoms with Crippen molar-refractivity contribution < 1.29 is 19.4 Å². The van der Waals surface area contributed by atoms with Crippen molar-refractivity contribution >= 4 is 11.8 Å². The Morgan fingerprint density at radius 3 is 2.76 bits per heavy atom. The fourth-order valence-corrected chi connectivity index (χ4v) is 4.70. The molecule has 0 bridgehead atoms. The molecule has 1 fully saturated rings. The SMILES string of the molecule is CCCC#Cc1cnc2c(c1)C(=O)N([C@H](C)CO)C[C@H](C)[C@@H](CN(C)C(=O)C1CCCCC1)O2. The molecule has 2 aliphatic rings. The van der Waals surface area contributed by atoms with E-state index in [0.29, 0.717) is 24.2 Å². The molecule has 186 valence electrons. The van der Waals surface area contributed by atoms with Crippen LogP contribution < -0.4 is 4.74 Å². The van der Waals surface area contributed by atoms with Gasteiger partial charge in [-0.25, -0.2) is 4.98 Å². The summed E-state index contributed by atoms with van der Waals surface area (Å²) in [6.45, 7) is 6.62. The molecule has 2 heterocycles. The van der Waals surface area contributed by atoms with E-state index >= 15 is 0 Å². The second kappa shape index (κ2) is 12.2. The highest BCUT2D eigenvalue weighted by Gasteiger charge is 2.35. The zero-order valence-electron chi connectivity index (χ0n) is 21.0. The van der Waals surface area contributed by atoms with Gasteiger partial charge in [-0.2, -0.15) is 0 Å². The highest BCUT2D eigenvalue weighted by molar-refractivity contribution is 5.97. The lowest BCUT2D eigenvalue weighted by Crippen LogP contribution is -2.51. The molecule has 1 aromatic rings. The summed E-state index contributed by atoms with van der Waals surface area (Å²) in [4.78, 5) is 34.4. The largest absolute Gasteiger partial charge is 0.472 e. The maximum absolute atomic E-state index is 13.4. The predicted octanol–water partition coefficient (Wildman–Crippen LogP) is 3.49. The van der Waals surface area contributed by atoms with Gasteiger partial charge in [0.15, 0.2) is 0 Å². The summed E-state index contributed by atoms with van der Waals surface area (Å²) >= 11 is 0. The summed E-state index contributed by atoms with van der Waals surface area (Å²) in [6, 6.07) is 1.38. The first kappa shape index (κ1) is 26.0. The number of carbonyl (C=O) groups is 2. The minimum atomic E-state index is -0.349. The first-order valence-corrected chi connectivity index (χ1v) is 12.7. The molecule has 3 atom stereocenters. The van der Waals surface area contributed by atoms with Crippen LogP contribution in [-0.2, 0) is 4.79 Å². The van der Waals surface area contributed by atoms with Gasteiger partial charge in [-0.1, -0.05) is 45.0 Å². The van der Waals surface area contributed by atoms with E-state index in [1.165, 1.54) is 6.42 Å². The molecule has 0 spiro atoms. The molecule has 3 rings (SSSR count). The Bertz CT molecular complexity index is 916. The molecular weight excluding hydrogens is 430 g/mol. The number of ether oxygens (including phenoxy) is 1. The number of aliphatic hydroxyl groups excluding tert-OH is 1. The fourth-order valence-electron chi connectivity index (χ4n) is 4.70. The molecular formula is C27H39N3O4. The van der Waals surface area contributed by atoms with Crippen LogP contribution in [0.4, 0.5) is 0 Å². The average molecular weight is 470 g/mol. The van der Waals surface area contributed by atoms with Crippen LogP contribution in [0.2, 0.25) is 0 Å². The van der Waals surface area contributed by atoms with Crippen LogP contribution in [0.5, 0.6) is 5.88 Å². The van der Waals surface area contributed by atoms with Crippen LogP contribution in [0.3, 0.4) is 0 Å². The van der Waals surface area contributed by atoms with Crippen LogP contribution in [0.1, 0.15) is 81.6 Å². The van der Waals surface area contributed by atoms with Crippen molar-refractivity contribution in [2.75, 3.05) is 26.7 Å². The number of fused-ring (bicyclic) bond motifs is 1. The summed E-state index contributed by atoms with van der Waals surface area (Å²) in [5, 5.41) is 9.81. The van der Waals surface area contributed by atoms with Gasteiger partial charge in [0.1, 0.15) is 11.7 Å². The van der Waals surface area contributed by atoms with Crippen molar-refractivity contribution in [1.82, 2.24) is 14.8 Å². The maximum atomic E-state index is 13.4. The molecule has 0 saturated heterocycles. The van der Waals surface area contributed by atoms with Gasteiger partial charge >= 0.3 is 0 Å². The van der Waals surface area contributed by atoms with Crippen molar-refractivity contribution in [2.45, 2.75) is 77.9 Å². The van der Waals surface area contributed by atoms with Crippen molar-refractivity contribution in [3.05, 3.63) is 23.4 Å². The monoisotopic (exact) mass is 469 g/mol. The Morgan fingerprint density at radius 2 is 2.09 bits per heavy atom. The number of hydrogen-bond acceptors (Lipinski definition) is 5. The lowest BCUT2D eigenvalue weighted by atomic mass is 9.88. The van der Waals surface area contributed by atoms with Crippen LogP contribution in [0, 0.1) is 23.7 Å². The molecule has 0 unspecified atom stereocenters. The van der Waals surface area contributed by atoms with E-state index in [9.17, 15) is 14.7 Å². The summed E-state index contributed by atoms with van der Waals surface area (Å²) in [5.41, 5.74) is 1.01. The minimum absolute atomic E-state index is 0.0569. The van der Waals surface area contributed by atoms with Gasteiger partial charge < -0.3 is 19.6 Å². The van der Waals surface area contributed by atoms with E-state index in [1.54, 1.807) is 22.1 Å². The van der Waals surface area contributed by atoms with Crippen molar-refractivity contribution in [3.63, 3.8) is 0 Å². The summed E-state index contributed by atoms with van der Waals surface area (Å²) in [5.74, 6) is 6.40. The highest BCUT2D eigenvalue weighted by atomic mass is 16.5. The van der Waals surface area contributed by atoms with Gasteiger partial charge in [-0.15, -0.1) is 0 Å². The third-order valence-corrected chi connectivity index (χ3v) is 6.91. The molecule has 0 aromatic carbocycles. The second-order valence-corrected chi connectivity index (χ2v) is 9.80. The number of carbonyl (C=O) groups excluding carboxylic acids is 2. The minimum Gasteiger partial charge on any atom is -0.472 e. The van der Waals surface area contributed by atoms with E-state index in [4.69, 9.17) is 4.74 Å². The number of hydrogen-bond donors (Lipinski definition) is 1. The highest BCUT2D eigenvalue weighted by Crippen LogP contribution is 2.29. The van der Waals surface area contributed by atoms with E-state index in [2.05, 4.69) is 23.7 Å². The van der Waals surface area contributed by atoms with Gasteiger partial charge in [0.2, 0.25) is 11.8 Å². The predicted molar refractivity (Wildman–Crippen MR) is 131 cm³/mol. The summed E-state index contributed by atoms with van der Waals surface area (Å²) in [7, 11) is 1.84. The first-order valence-electron chi connectivity index (χ1n) is 12.7. The molecule has 1 N–H and O–H groups in total. The number of aromatic nitrogens is 1. The Hall–Kier alpha value is -2.59. The molecule has 7 nitrogen and oxygen atoms in total. The Morgan fingerprint density at radius 1 is 1.35 bits per heavy atom. The number of likely N-dealkylation sites (N-methyl/N-ethyl adjacent to an activating group) is 1. The van der Waals surface area contributed by atoms with Gasteiger partial charge in [0.05, 0.1) is 19.2 Å². The number of aliphatic hydroxyl groups is 1. The standard InChI is InChI=1S/C27H39N3O4/c1-5-6-8-11-21-14-23-25(28-15-21)34-24(19(2)16-30(27(23)33)20(3)18-31)17-29(4)26(32)22-12-9-7-10-13-22/h14-15,19-20,22,24,31H,5-7,9-10,12-13,16-18H2,1-4H3/t19-,20+,24+/m0/s1. The Labute approximate surface area is 203 Å². The summed E-state index contributed by atoms with van der Waals surface area (Å²) < 4.78 is 6.31. The Balaban J connectivity index is 1.88. The molecule has 1 aliphatic heterocycles. The van der Waals surface area contributed by atoms with Crippen LogP contribution >= 0.6 is 0 Å². The molecule has 7 heteroatoms. The number of nitrogens with zero attached hydrogens (tertiary/aromatic N) is 3. The molecule has 1 saturated carbocycles. The number of rotatable bonds is 6. The first-order chi connectivity index (χ1) is 16.3. The quantitative estimate of drug-likeness (QED) is 0.645. The van der Waals surface area contributed by atoms with E-state index in [0.717, 1.165) is 38.5 Å². The third kappa shape index (κ3) is 6.29. The summed E-state index contributed by atoms with van der Waals surface area (Å²) in [6.07, 6.45) is 8.36. The third-order valence-electron chi connectivity index (χ3n) is 6.91. The van der Waals surface area contributed by atoms with Gasteiger partial charge in [-0.05, 0) is 32.3 Å². The smallest absolute Gasteiger partial charge is 0.259 e. The average Bonchev–Trinajstić information content (AvgIpc) is 2.86. The van der Waals surface area contributed by atoms with Crippen molar-refractivity contribution in [2.24, 2.45) is 11.8 Å². The topological polar surface area (TPSA) is 83.0 Å². The fraction of sp³-hybridized carbons (Fsp3) is 0.667.